The van der Waals surface area contributed by atoms with Crippen molar-refractivity contribution in [1.82, 2.24) is 0 Å². The van der Waals surface area contributed by atoms with Gasteiger partial charge in [-0.15, -0.1) is 0 Å². The number of carbonyl (C=O) groups is 1. The van der Waals surface area contributed by atoms with Crippen molar-refractivity contribution in [3.8, 4) is 0 Å². The Balaban J connectivity index is 2.50. The second-order valence-corrected chi connectivity index (χ2v) is 7.20. The van der Waals surface area contributed by atoms with E-state index < -0.39 is 15.9 Å². The number of nitrogens with two attached hydrogens (primary N) is 3. The molecule has 0 saturated heterocycles. The number of nitrogens with one attached hydrogen (secondary N) is 1. The second-order valence-electron chi connectivity index (χ2n) is 5.58. The Hall–Kier alpha value is -2.74. The van der Waals surface area contributed by atoms with Crippen molar-refractivity contribution < 1.29 is 13.2 Å². The molecule has 24 heavy (non-hydrogen) atoms. The zero-order valence-electron chi connectivity index (χ0n) is 13.7. The quantitative estimate of drug-likeness (QED) is 0.622. The van der Waals surface area contributed by atoms with Crippen molar-refractivity contribution in [3.63, 3.8) is 0 Å². The first kappa shape index (κ1) is 17.6. The largest absolute Gasteiger partial charge is 0.398 e. The van der Waals surface area contributed by atoms with Crippen molar-refractivity contribution >= 4 is 33.0 Å². The number of hydrogen-bond donors (Lipinski definition) is 4. The van der Waals surface area contributed by atoms with Gasteiger partial charge in [0.1, 0.15) is 0 Å². The number of carbonyl (C=O) groups excluding carboxylic acids is 1. The highest BCUT2D eigenvalue weighted by Crippen LogP contribution is 2.34. The first-order valence-electron chi connectivity index (χ1n) is 7.13. The first-order chi connectivity index (χ1) is 11.1. The van der Waals surface area contributed by atoms with E-state index in [2.05, 4.69) is 4.72 Å². The topological polar surface area (TPSA) is 141 Å². The van der Waals surface area contributed by atoms with Crippen LogP contribution in [0.3, 0.4) is 0 Å². The normalized spacial score (nSPS) is 11.3. The Morgan fingerprint density at radius 3 is 1.79 bits per heavy atom. The Morgan fingerprint density at radius 2 is 1.38 bits per heavy atom. The van der Waals surface area contributed by atoms with Crippen LogP contribution in [-0.2, 0) is 10.0 Å². The minimum atomic E-state index is -3.90. The van der Waals surface area contributed by atoms with Gasteiger partial charge in [0, 0.05) is 22.6 Å². The summed E-state index contributed by atoms with van der Waals surface area (Å²) in [5.74, 6) is -0.588. The predicted molar refractivity (Wildman–Crippen MR) is 95.2 cm³/mol. The number of nitrogen functional groups attached to an aromatic ring is 2. The molecule has 0 saturated carbocycles. The highest BCUT2D eigenvalue weighted by molar-refractivity contribution is 7.92. The number of primary amides is 1. The van der Waals surface area contributed by atoms with Crippen LogP contribution in [-0.4, -0.2) is 14.3 Å². The average Bonchev–Trinajstić information content (AvgIpc) is 2.51. The maximum absolute atomic E-state index is 12.8. The zero-order chi connectivity index (χ0) is 18.2. The standard InChI is InChI=1S/C16H20N4O3S/c1-8-13(17)9(2)15(10(3)14(8)18)24(22,23)20-12-6-4-11(5-7-12)16(19)21/h4-7,20H,17-18H2,1-3H3,(H2,19,21). The van der Waals surface area contributed by atoms with E-state index in [4.69, 9.17) is 17.2 Å². The fourth-order valence-electron chi connectivity index (χ4n) is 2.55. The van der Waals surface area contributed by atoms with Crippen LogP contribution < -0.4 is 21.9 Å². The SMILES string of the molecule is Cc1c(N)c(C)c(S(=O)(=O)Nc2ccc(C(N)=O)cc2)c(C)c1N. The van der Waals surface area contributed by atoms with Crippen LogP contribution in [0.5, 0.6) is 0 Å². The third kappa shape index (κ3) is 3.00. The van der Waals surface area contributed by atoms with E-state index >= 15 is 0 Å². The van der Waals surface area contributed by atoms with Gasteiger partial charge in [0.2, 0.25) is 5.91 Å². The third-order valence-corrected chi connectivity index (χ3v) is 5.64. The molecule has 0 fully saturated rings. The molecule has 0 bridgehead atoms. The highest BCUT2D eigenvalue weighted by Gasteiger charge is 2.24. The van der Waals surface area contributed by atoms with Crippen LogP contribution in [0.2, 0.25) is 0 Å². The fraction of sp³-hybridized carbons (Fsp3) is 0.188. The number of sulfonamides is 1. The summed E-state index contributed by atoms with van der Waals surface area (Å²) in [7, 11) is -3.90. The minimum absolute atomic E-state index is 0.0575. The summed E-state index contributed by atoms with van der Waals surface area (Å²) < 4.78 is 28.0. The van der Waals surface area contributed by atoms with Gasteiger partial charge in [-0.1, -0.05) is 0 Å². The third-order valence-electron chi connectivity index (χ3n) is 3.99. The Kier molecular flexibility index (Phi) is 4.44. The van der Waals surface area contributed by atoms with Crippen LogP contribution in [0.4, 0.5) is 17.1 Å². The number of rotatable bonds is 4. The molecule has 0 spiro atoms. The summed E-state index contributed by atoms with van der Waals surface area (Å²) in [5, 5.41) is 0. The van der Waals surface area contributed by atoms with Gasteiger partial charge in [-0.2, -0.15) is 0 Å². The molecule has 2 rings (SSSR count). The van der Waals surface area contributed by atoms with Crippen molar-refractivity contribution in [2.24, 2.45) is 5.73 Å². The molecule has 0 aliphatic carbocycles. The summed E-state index contributed by atoms with van der Waals surface area (Å²) in [4.78, 5) is 11.1. The van der Waals surface area contributed by atoms with E-state index in [0.29, 0.717) is 33.8 Å². The molecular formula is C16H20N4O3S. The van der Waals surface area contributed by atoms with E-state index in [0.717, 1.165) is 0 Å². The number of hydrogen-bond acceptors (Lipinski definition) is 5. The molecule has 0 aliphatic heterocycles. The van der Waals surface area contributed by atoms with Crippen LogP contribution in [0.1, 0.15) is 27.0 Å². The smallest absolute Gasteiger partial charge is 0.262 e. The lowest BCUT2D eigenvalue weighted by Crippen LogP contribution is -2.18. The first-order valence-corrected chi connectivity index (χ1v) is 8.62. The van der Waals surface area contributed by atoms with Gasteiger partial charge >= 0.3 is 0 Å². The lowest BCUT2D eigenvalue weighted by Gasteiger charge is -2.18. The molecule has 7 N–H and O–H groups in total. The fourth-order valence-corrected chi connectivity index (χ4v) is 4.12. The molecule has 1 amide bonds. The van der Waals surface area contributed by atoms with Gasteiger partial charge in [-0.25, -0.2) is 8.42 Å². The van der Waals surface area contributed by atoms with Gasteiger partial charge in [-0.3, -0.25) is 9.52 Å². The van der Waals surface area contributed by atoms with E-state index in [-0.39, 0.29) is 10.5 Å². The van der Waals surface area contributed by atoms with Gasteiger partial charge in [0.15, 0.2) is 0 Å². The van der Waals surface area contributed by atoms with E-state index in [1.165, 1.54) is 24.3 Å². The van der Waals surface area contributed by atoms with Crippen molar-refractivity contribution in [2.75, 3.05) is 16.2 Å². The molecule has 2 aromatic carbocycles. The van der Waals surface area contributed by atoms with E-state index in [1.807, 2.05) is 0 Å². The molecule has 0 unspecified atom stereocenters. The molecule has 7 nitrogen and oxygen atoms in total. The summed E-state index contributed by atoms with van der Waals surface area (Å²) >= 11 is 0. The molecule has 0 atom stereocenters. The minimum Gasteiger partial charge on any atom is -0.398 e. The maximum Gasteiger partial charge on any atom is 0.262 e. The van der Waals surface area contributed by atoms with Crippen molar-refractivity contribution in [1.29, 1.82) is 0 Å². The van der Waals surface area contributed by atoms with Gasteiger partial charge in [0.25, 0.3) is 10.0 Å². The summed E-state index contributed by atoms with van der Waals surface area (Å²) in [5.41, 5.74) is 19.9. The van der Waals surface area contributed by atoms with Gasteiger partial charge < -0.3 is 17.2 Å². The number of anilines is 3. The molecule has 0 radical (unpaired) electrons. The van der Waals surface area contributed by atoms with Crippen LogP contribution in [0.25, 0.3) is 0 Å². The molecule has 8 heteroatoms. The zero-order valence-corrected chi connectivity index (χ0v) is 14.5. The van der Waals surface area contributed by atoms with Crippen LogP contribution >= 0.6 is 0 Å². The molecule has 2 aromatic rings. The molecule has 128 valence electrons. The Labute approximate surface area is 140 Å². The molecule has 0 heterocycles. The Bertz CT molecular complexity index is 890. The second kappa shape index (κ2) is 6.04. The van der Waals surface area contributed by atoms with Gasteiger partial charge in [-0.05, 0) is 61.7 Å². The van der Waals surface area contributed by atoms with Gasteiger partial charge in [0.05, 0.1) is 4.90 Å². The lowest BCUT2D eigenvalue weighted by atomic mass is 10.0. The molecular weight excluding hydrogens is 328 g/mol. The summed E-state index contributed by atoms with van der Waals surface area (Å²) in [6, 6.07) is 5.81. The monoisotopic (exact) mass is 348 g/mol. The highest BCUT2D eigenvalue weighted by atomic mass is 32.2. The average molecular weight is 348 g/mol. The van der Waals surface area contributed by atoms with Crippen LogP contribution in [0.15, 0.2) is 29.2 Å². The van der Waals surface area contributed by atoms with E-state index in [9.17, 15) is 13.2 Å². The maximum atomic E-state index is 12.8. The van der Waals surface area contributed by atoms with Crippen molar-refractivity contribution in [2.45, 2.75) is 25.7 Å². The predicted octanol–water partition coefficient (Wildman–Crippen LogP) is 1.68. The summed E-state index contributed by atoms with van der Waals surface area (Å²) in [6.45, 7) is 5.02. The van der Waals surface area contributed by atoms with Crippen LogP contribution in [0, 0.1) is 20.8 Å². The molecule has 0 aromatic heterocycles. The summed E-state index contributed by atoms with van der Waals surface area (Å²) in [6.07, 6.45) is 0. The number of amides is 1. The van der Waals surface area contributed by atoms with E-state index in [1.54, 1.807) is 20.8 Å². The Morgan fingerprint density at radius 1 is 0.917 bits per heavy atom. The lowest BCUT2D eigenvalue weighted by molar-refractivity contribution is 0.100. The van der Waals surface area contributed by atoms with Crippen molar-refractivity contribution in [3.05, 3.63) is 46.5 Å². The number of benzene rings is 2. The molecule has 0 aliphatic rings.